The average molecular weight is 323 g/mol. The lowest BCUT2D eigenvalue weighted by Crippen LogP contribution is -2.47. The van der Waals surface area contributed by atoms with Gasteiger partial charge in [0.1, 0.15) is 6.10 Å². The van der Waals surface area contributed by atoms with Gasteiger partial charge in [0.2, 0.25) is 0 Å². The van der Waals surface area contributed by atoms with Crippen molar-refractivity contribution in [3.8, 4) is 0 Å². The van der Waals surface area contributed by atoms with E-state index in [1.165, 1.54) is 0 Å². The molecule has 1 aromatic rings. The Morgan fingerprint density at radius 3 is 2.05 bits per heavy atom. The molecule has 3 atom stereocenters. The molecule has 0 bridgehead atoms. The molecule has 3 nitrogen and oxygen atoms in total. The summed E-state index contributed by atoms with van der Waals surface area (Å²) in [5.74, 6) is -0.519. The SMILES string of the molecule is C[C@H](C(=O)[C@@H](O[Si](C)(C)C)C(C)(C)C)[C@H](O)c1ccccc1. The summed E-state index contributed by atoms with van der Waals surface area (Å²) < 4.78 is 6.15. The third kappa shape index (κ3) is 5.34. The molecule has 0 unspecified atom stereocenters. The number of aliphatic hydroxyl groups is 1. The maximum atomic E-state index is 12.9. The Bertz CT molecular complexity index is 485. The van der Waals surface area contributed by atoms with Gasteiger partial charge < -0.3 is 9.53 Å². The van der Waals surface area contributed by atoms with Gasteiger partial charge in [0.05, 0.1) is 6.10 Å². The van der Waals surface area contributed by atoms with Crippen LogP contribution in [0.4, 0.5) is 0 Å². The summed E-state index contributed by atoms with van der Waals surface area (Å²) in [6.45, 7) is 14.1. The summed E-state index contributed by atoms with van der Waals surface area (Å²) in [4.78, 5) is 12.9. The van der Waals surface area contributed by atoms with Crippen molar-refractivity contribution >= 4 is 14.1 Å². The molecule has 0 aliphatic heterocycles. The van der Waals surface area contributed by atoms with E-state index in [2.05, 4.69) is 19.6 Å². The van der Waals surface area contributed by atoms with E-state index in [9.17, 15) is 9.90 Å². The second-order valence-corrected chi connectivity index (χ2v) is 12.5. The Hall–Kier alpha value is -0.973. The van der Waals surface area contributed by atoms with Crippen LogP contribution in [0.1, 0.15) is 39.4 Å². The number of hydrogen-bond acceptors (Lipinski definition) is 3. The highest BCUT2D eigenvalue weighted by Crippen LogP contribution is 2.32. The van der Waals surface area contributed by atoms with Crippen molar-refractivity contribution in [1.82, 2.24) is 0 Å². The predicted molar refractivity (Wildman–Crippen MR) is 93.2 cm³/mol. The van der Waals surface area contributed by atoms with Crippen molar-refractivity contribution in [2.45, 2.75) is 59.5 Å². The first-order chi connectivity index (χ1) is 9.93. The van der Waals surface area contributed by atoms with Crippen LogP contribution in [0.25, 0.3) is 0 Å². The molecule has 0 fully saturated rings. The fraction of sp³-hybridized carbons (Fsp3) is 0.611. The van der Waals surface area contributed by atoms with Crippen LogP contribution >= 0.6 is 0 Å². The molecule has 0 aromatic heterocycles. The van der Waals surface area contributed by atoms with Crippen LogP contribution in [-0.2, 0) is 9.22 Å². The van der Waals surface area contributed by atoms with E-state index in [1.807, 2.05) is 51.1 Å². The first kappa shape index (κ1) is 19.1. The molecule has 0 radical (unpaired) electrons. The molecule has 0 saturated carbocycles. The number of hydrogen-bond donors (Lipinski definition) is 1. The average Bonchev–Trinajstić information content (AvgIpc) is 2.41. The number of rotatable bonds is 6. The molecular formula is C18H30O3Si. The van der Waals surface area contributed by atoms with Crippen LogP contribution in [0.15, 0.2) is 30.3 Å². The van der Waals surface area contributed by atoms with E-state index in [4.69, 9.17) is 4.43 Å². The number of carbonyl (C=O) groups excluding carboxylic acids is 1. The van der Waals surface area contributed by atoms with Crippen LogP contribution in [0.3, 0.4) is 0 Å². The fourth-order valence-corrected chi connectivity index (χ4v) is 3.53. The molecule has 1 rings (SSSR count). The van der Waals surface area contributed by atoms with Gasteiger partial charge in [-0.2, -0.15) is 0 Å². The molecule has 0 aliphatic rings. The highest BCUT2D eigenvalue weighted by atomic mass is 28.4. The Morgan fingerprint density at radius 1 is 1.14 bits per heavy atom. The van der Waals surface area contributed by atoms with Gasteiger partial charge in [-0.05, 0) is 30.6 Å². The molecular weight excluding hydrogens is 292 g/mol. The highest BCUT2D eigenvalue weighted by Gasteiger charge is 2.39. The molecule has 0 heterocycles. The molecule has 1 aromatic carbocycles. The normalized spacial score (nSPS) is 16.9. The van der Waals surface area contributed by atoms with Crippen molar-refractivity contribution in [3.05, 3.63) is 35.9 Å². The van der Waals surface area contributed by atoms with Crippen LogP contribution < -0.4 is 0 Å². The number of Topliss-reactive ketones (excluding diaryl/α,β-unsaturated/α-hetero) is 1. The minimum absolute atomic E-state index is 0.0220. The standard InChI is InChI=1S/C18H30O3Si/c1-13(15(19)14-11-9-8-10-12-14)16(20)17(18(2,3)4)21-22(5,6)7/h8-13,15,17,19H,1-7H3/t13-,15-,17+/m0/s1. The van der Waals surface area contributed by atoms with Gasteiger partial charge in [-0.15, -0.1) is 0 Å². The molecule has 0 aliphatic carbocycles. The van der Waals surface area contributed by atoms with E-state index >= 15 is 0 Å². The lowest BCUT2D eigenvalue weighted by atomic mass is 9.80. The Balaban J connectivity index is 2.98. The summed E-state index contributed by atoms with van der Waals surface area (Å²) in [5, 5.41) is 10.5. The lowest BCUT2D eigenvalue weighted by molar-refractivity contribution is -0.138. The van der Waals surface area contributed by atoms with Crippen molar-refractivity contribution in [3.63, 3.8) is 0 Å². The lowest BCUT2D eigenvalue weighted by Gasteiger charge is -2.37. The summed E-state index contributed by atoms with van der Waals surface area (Å²) >= 11 is 0. The largest absolute Gasteiger partial charge is 0.407 e. The molecule has 0 saturated heterocycles. The predicted octanol–water partition coefficient (Wildman–Crippen LogP) is 4.19. The zero-order valence-electron chi connectivity index (χ0n) is 14.9. The molecule has 1 N–H and O–H groups in total. The minimum atomic E-state index is -1.86. The maximum absolute atomic E-state index is 12.9. The first-order valence-corrected chi connectivity index (χ1v) is 11.3. The zero-order chi connectivity index (χ0) is 17.1. The molecule has 124 valence electrons. The first-order valence-electron chi connectivity index (χ1n) is 7.88. The van der Waals surface area contributed by atoms with E-state index in [0.29, 0.717) is 0 Å². The molecule has 0 amide bonds. The van der Waals surface area contributed by atoms with Gasteiger partial charge in [-0.1, -0.05) is 58.0 Å². The smallest absolute Gasteiger partial charge is 0.184 e. The quantitative estimate of drug-likeness (QED) is 0.799. The number of benzene rings is 1. The van der Waals surface area contributed by atoms with Gasteiger partial charge in [0.15, 0.2) is 14.1 Å². The number of carbonyl (C=O) groups is 1. The maximum Gasteiger partial charge on any atom is 0.184 e. The zero-order valence-corrected chi connectivity index (χ0v) is 15.9. The van der Waals surface area contributed by atoms with E-state index in [1.54, 1.807) is 6.92 Å². The Morgan fingerprint density at radius 2 is 1.64 bits per heavy atom. The van der Waals surface area contributed by atoms with Gasteiger partial charge in [-0.3, -0.25) is 4.79 Å². The van der Waals surface area contributed by atoms with E-state index < -0.39 is 26.4 Å². The summed E-state index contributed by atoms with van der Waals surface area (Å²) in [6.07, 6.45) is -1.30. The minimum Gasteiger partial charge on any atom is -0.407 e. The van der Waals surface area contributed by atoms with Gasteiger partial charge in [-0.25, -0.2) is 0 Å². The third-order valence-electron chi connectivity index (χ3n) is 3.58. The van der Waals surface area contributed by atoms with Crippen LogP contribution in [0.2, 0.25) is 19.6 Å². The van der Waals surface area contributed by atoms with E-state index in [-0.39, 0.29) is 11.2 Å². The monoisotopic (exact) mass is 322 g/mol. The fourth-order valence-electron chi connectivity index (χ4n) is 2.35. The van der Waals surface area contributed by atoms with Gasteiger partial charge >= 0.3 is 0 Å². The second kappa shape index (κ2) is 7.07. The summed E-state index contributed by atoms with van der Waals surface area (Å²) in [5.41, 5.74) is 0.478. The topological polar surface area (TPSA) is 46.5 Å². The van der Waals surface area contributed by atoms with Crippen molar-refractivity contribution in [2.24, 2.45) is 11.3 Å². The molecule has 4 heteroatoms. The number of ketones is 1. The summed E-state index contributed by atoms with van der Waals surface area (Å²) in [6, 6.07) is 9.33. The van der Waals surface area contributed by atoms with Crippen molar-refractivity contribution in [1.29, 1.82) is 0 Å². The third-order valence-corrected chi connectivity index (χ3v) is 4.52. The van der Waals surface area contributed by atoms with Crippen molar-refractivity contribution in [2.75, 3.05) is 0 Å². The Kier molecular flexibility index (Phi) is 6.13. The molecule has 0 spiro atoms. The second-order valence-electron chi connectivity index (χ2n) is 8.02. The highest BCUT2D eigenvalue weighted by molar-refractivity contribution is 6.69. The summed E-state index contributed by atoms with van der Waals surface area (Å²) in [7, 11) is -1.86. The molecule has 22 heavy (non-hydrogen) atoms. The van der Waals surface area contributed by atoms with Crippen molar-refractivity contribution < 1.29 is 14.3 Å². The van der Waals surface area contributed by atoms with Gasteiger partial charge in [0, 0.05) is 5.92 Å². The van der Waals surface area contributed by atoms with E-state index in [0.717, 1.165) is 5.56 Å². The van der Waals surface area contributed by atoms with Gasteiger partial charge in [0.25, 0.3) is 0 Å². The van der Waals surface area contributed by atoms with Crippen LogP contribution in [-0.4, -0.2) is 25.3 Å². The Labute approximate surface area is 135 Å². The van der Waals surface area contributed by atoms with Crippen LogP contribution in [0.5, 0.6) is 0 Å². The number of aliphatic hydroxyl groups excluding tert-OH is 1. The van der Waals surface area contributed by atoms with Crippen LogP contribution in [0, 0.1) is 11.3 Å².